The number of halogens is 5. The molecule has 0 spiro atoms. The number of hydrogen-bond acceptors (Lipinski definition) is 3. The second kappa shape index (κ2) is 5.18. The number of alkyl halides is 3. The van der Waals surface area contributed by atoms with E-state index in [4.69, 9.17) is 0 Å². The fourth-order valence-corrected chi connectivity index (χ4v) is 2.80. The molecule has 1 heterocycles. The van der Waals surface area contributed by atoms with Gasteiger partial charge in [0.2, 0.25) is 0 Å². The predicted octanol–water partition coefficient (Wildman–Crippen LogP) is 4.15. The van der Waals surface area contributed by atoms with Gasteiger partial charge in [-0.05, 0) is 33.6 Å². The van der Waals surface area contributed by atoms with Gasteiger partial charge in [-0.15, -0.1) is 11.3 Å². The molecule has 8 heteroatoms. The summed E-state index contributed by atoms with van der Waals surface area (Å²) in [5.74, 6) is -1.01. The van der Waals surface area contributed by atoms with Crippen molar-refractivity contribution < 1.29 is 22.7 Å². The summed E-state index contributed by atoms with van der Waals surface area (Å²) in [6, 6.07) is 2.15. The van der Waals surface area contributed by atoms with Crippen LogP contribution in [0.4, 0.5) is 17.6 Å². The molecular formula is C11H6BrF4NOS. The molecule has 0 aliphatic carbocycles. The molecule has 102 valence electrons. The van der Waals surface area contributed by atoms with E-state index >= 15 is 0 Å². The monoisotopic (exact) mass is 355 g/mol. The third-order valence-corrected chi connectivity index (χ3v) is 3.95. The highest BCUT2D eigenvalue weighted by atomic mass is 79.9. The van der Waals surface area contributed by atoms with E-state index in [1.807, 2.05) is 0 Å². The molecule has 0 saturated heterocycles. The van der Waals surface area contributed by atoms with E-state index in [2.05, 4.69) is 20.9 Å². The summed E-state index contributed by atoms with van der Waals surface area (Å²) in [5.41, 5.74) is -1.62. The van der Waals surface area contributed by atoms with Crippen LogP contribution in [0.25, 0.3) is 0 Å². The molecule has 0 aliphatic heterocycles. The van der Waals surface area contributed by atoms with Crippen molar-refractivity contribution >= 4 is 27.3 Å². The van der Waals surface area contributed by atoms with Crippen molar-refractivity contribution in [2.75, 3.05) is 0 Å². The molecule has 2 aromatic rings. The molecule has 1 atom stereocenters. The van der Waals surface area contributed by atoms with Crippen molar-refractivity contribution in [3.63, 3.8) is 0 Å². The van der Waals surface area contributed by atoms with Crippen molar-refractivity contribution in [3.8, 4) is 0 Å². The molecule has 0 fully saturated rings. The number of aliphatic hydroxyl groups excluding tert-OH is 1. The summed E-state index contributed by atoms with van der Waals surface area (Å²) in [5, 5.41) is 11.6. The van der Waals surface area contributed by atoms with Gasteiger partial charge in [0.05, 0.1) is 5.56 Å². The standard InChI is InChI=1S/C11H6BrF4NOS/c12-8-4-19-10(17-8)9(18)6-2-1-5(13)3-7(6)11(14,15)16/h1-4,9,18H. The van der Waals surface area contributed by atoms with E-state index in [0.717, 1.165) is 23.5 Å². The zero-order valence-corrected chi connectivity index (χ0v) is 11.5. The van der Waals surface area contributed by atoms with Crippen LogP contribution in [0.2, 0.25) is 0 Å². The molecule has 0 aliphatic rings. The number of benzene rings is 1. The molecule has 2 rings (SSSR count). The lowest BCUT2D eigenvalue weighted by atomic mass is 10.0. The molecule has 0 saturated carbocycles. The minimum absolute atomic E-state index is 0.101. The largest absolute Gasteiger partial charge is 0.416 e. The number of hydrogen-bond donors (Lipinski definition) is 1. The summed E-state index contributed by atoms with van der Waals surface area (Å²) in [4.78, 5) is 3.86. The SMILES string of the molecule is OC(c1nc(Br)cs1)c1ccc(F)cc1C(F)(F)F. The topological polar surface area (TPSA) is 33.1 Å². The smallest absolute Gasteiger partial charge is 0.381 e. The lowest BCUT2D eigenvalue weighted by molar-refractivity contribution is -0.139. The fourth-order valence-electron chi connectivity index (χ4n) is 1.54. The van der Waals surface area contributed by atoms with Crippen LogP contribution in [0, 0.1) is 5.82 Å². The first-order valence-corrected chi connectivity index (χ1v) is 6.62. The Labute approximate surface area is 117 Å². The highest BCUT2D eigenvalue weighted by Gasteiger charge is 2.36. The minimum Gasteiger partial charge on any atom is -0.381 e. The van der Waals surface area contributed by atoms with Crippen molar-refractivity contribution in [3.05, 3.63) is 50.1 Å². The maximum atomic E-state index is 12.9. The molecule has 1 aromatic heterocycles. The molecule has 1 aromatic carbocycles. The summed E-state index contributed by atoms with van der Waals surface area (Å²) < 4.78 is 51.8. The Morgan fingerprint density at radius 1 is 1.32 bits per heavy atom. The third kappa shape index (κ3) is 3.13. The van der Waals surface area contributed by atoms with Crippen LogP contribution in [0.15, 0.2) is 28.2 Å². The Morgan fingerprint density at radius 2 is 2.00 bits per heavy atom. The van der Waals surface area contributed by atoms with Crippen LogP contribution in [-0.2, 0) is 6.18 Å². The Bertz CT molecular complexity index is 599. The van der Waals surface area contributed by atoms with Gasteiger partial charge in [0.25, 0.3) is 0 Å². The van der Waals surface area contributed by atoms with E-state index in [9.17, 15) is 22.7 Å². The highest BCUT2D eigenvalue weighted by molar-refractivity contribution is 9.10. The van der Waals surface area contributed by atoms with Crippen LogP contribution in [0.1, 0.15) is 22.2 Å². The lowest BCUT2D eigenvalue weighted by Crippen LogP contribution is -2.13. The summed E-state index contributed by atoms with van der Waals surface area (Å²) in [7, 11) is 0. The van der Waals surface area contributed by atoms with Crippen molar-refractivity contribution in [1.82, 2.24) is 4.98 Å². The normalized spacial score (nSPS) is 13.6. The summed E-state index contributed by atoms with van der Waals surface area (Å²) in [6.07, 6.45) is -6.29. The number of aromatic nitrogens is 1. The molecule has 0 amide bonds. The Hall–Kier alpha value is -0.990. The van der Waals surface area contributed by atoms with Crippen molar-refractivity contribution in [2.24, 2.45) is 0 Å². The van der Waals surface area contributed by atoms with Gasteiger partial charge in [-0.25, -0.2) is 9.37 Å². The van der Waals surface area contributed by atoms with Crippen molar-refractivity contribution in [1.29, 1.82) is 0 Å². The van der Waals surface area contributed by atoms with E-state index in [1.165, 1.54) is 5.38 Å². The Morgan fingerprint density at radius 3 is 2.53 bits per heavy atom. The molecule has 0 radical (unpaired) electrons. The first kappa shape index (κ1) is 14.4. The van der Waals surface area contributed by atoms with Gasteiger partial charge in [0.1, 0.15) is 21.5 Å². The molecule has 2 nitrogen and oxygen atoms in total. The van der Waals surface area contributed by atoms with Gasteiger partial charge in [-0.3, -0.25) is 0 Å². The van der Waals surface area contributed by atoms with Crippen LogP contribution in [0.5, 0.6) is 0 Å². The predicted molar refractivity (Wildman–Crippen MR) is 65.3 cm³/mol. The molecule has 19 heavy (non-hydrogen) atoms. The highest BCUT2D eigenvalue weighted by Crippen LogP contribution is 2.37. The zero-order valence-electron chi connectivity index (χ0n) is 9.08. The molecular weight excluding hydrogens is 350 g/mol. The summed E-state index contributed by atoms with van der Waals surface area (Å²) in [6.45, 7) is 0. The lowest BCUT2D eigenvalue weighted by Gasteiger charge is -2.16. The van der Waals surface area contributed by atoms with Gasteiger partial charge in [-0.1, -0.05) is 6.07 Å². The van der Waals surface area contributed by atoms with Gasteiger partial charge < -0.3 is 5.11 Å². The minimum atomic E-state index is -4.74. The van der Waals surface area contributed by atoms with Crippen LogP contribution >= 0.6 is 27.3 Å². The maximum Gasteiger partial charge on any atom is 0.416 e. The van der Waals surface area contributed by atoms with Crippen molar-refractivity contribution in [2.45, 2.75) is 12.3 Å². The maximum absolute atomic E-state index is 12.9. The summed E-state index contributed by atoms with van der Waals surface area (Å²) >= 11 is 4.06. The van der Waals surface area contributed by atoms with Gasteiger partial charge in [0, 0.05) is 5.38 Å². The van der Waals surface area contributed by atoms with Crippen LogP contribution < -0.4 is 0 Å². The first-order chi connectivity index (χ1) is 8.79. The second-order valence-corrected chi connectivity index (χ2v) is 5.34. The Balaban J connectivity index is 2.50. The molecule has 1 unspecified atom stereocenters. The van der Waals surface area contributed by atoms with E-state index < -0.39 is 29.2 Å². The number of rotatable bonds is 2. The third-order valence-electron chi connectivity index (χ3n) is 2.34. The number of nitrogens with zero attached hydrogens (tertiary/aromatic N) is 1. The molecule has 0 bridgehead atoms. The Kier molecular flexibility index (Phi) is 3.93. The van der Waals surface area contributed by atoms with E-state index in [-0.39, 0.29) is 5.01 Å². The first-order valence-electron chi connectivity index (χ1n) is 4.94. The van der Waals surface area contributed by atoms with Gasteiger partial charge in [0.15, 0.2) is 0 Å². The van der Waals surface area contributed by atoms with E-state index in [0.29, 0.717) is 10.7 Å². The number of aliphatic hydroxyl groups is 1. The molecule has 1 N–H and O–H groups in total. The number of thiazole rings is 1. The van der Waals surface area contributed by atoms with Crippen LogP contribution in [-0.4, -0.2) is 10.1 Å². The van der Waals surface area contributed by atoms with Gasteiger partial charge >= 0.3 is 6.18 Å². The van der Waals surface area contributed by atoms with Gasteiger partial charge in [-0.2, -0.15) is 13.2 Å². The fraction of sp³-hybridized carbons (Fsp3) is 0.182. The quantitative estimate of drug-likeness (QED) is 0.821. The second-order valence-electron chi connectivity index (χ2n) is 3.64. The zero-order chi connectivity index (χ0) is 14.2. The van der Waals surface area contributed by atoms with E-state index in [1.54, 1.807) is 0 Å². The average molecular weight is 356 g/mol. The van der Waals surface area contributed by atoms with Crippen LogP contribution in [0.3, 0.4) is 0 Å². The average Bonchev–Trinajstić information content (AvgIpc) is 2.74.